The van der Waals surface area contributed by atoms with Crippen LogP contribution in [0, 0.1) is 0 Å². The predicted molar refractivity (Wildman–Crippen MR) is 115 cm³/mol. The summed E-state index contributed by atoms with van der Waals surface area (Å²) >= 11 is 0. The van der Waals surface area contributed by atoms with Crippen LogP contribution >= 0.6 is 0 Å². The monoisotopic (exact) mass is 405 g/mol. The lowest BCUT2D eigenvalue weighted by Gasteiger charge is -2.26. The number of hydrogen-bond acceptors (Lipinski definition) is 4. The lowest BCUT2D eigenvalue weighted by atomic mass is 10.0. The topological polar surface area (TPSA) is 68.4 Å². The van der Waals surface area contributed by atoms with Crippen LogP contribution in [0.2, 0.25) is 0 Å². The first-order valence-corrected chi connectivity index (χ1v) is 10.7. The van der Waals surface area contributed by atoms with Crippen molar-refractivity contribution in [3.8, 4) is 11.6 Å². The molecule has 2 aliphatic rings. The maximum absolute atomic E-state index is 12.5. The van der Waals surface area contributed by atoms with Crippen molar-refractivity contribution < 1.29 is 9.84 Å². The first-order valence-electron chi connectivity index (χ1n) is 10.7. The largest absolute Gasteiger partial charge is 0.493 e. The molecular formula is C24H27N3O3. The van der Waals surface area contributed by atoms with Crippen LogP contribution in [0.4, 0.5) is 0 Å². The van der Waals surface area contributed by atoms with Crippen molar-refractivity contribution in [3.63, 3.8) is 0 Å². The van der Waals surface area contributed by atoms with Gasteiger partial charge in [0, 0.05) is 19.6 Å². The number of nitrogens with one attached hydrogen (secondary N) is 1. The molecule has 6 nitrogen and oxygen atoms in total. The molecule has 0 aliphatic carbocycles. The summed E-state index contributed by atoms with van der Waals surface area (Å²) in [5, 5.41) is 13.9. The second kappa shape index (κ2) is 8.03. The van der Waals surface area contributed by atoms with Gasteiger partial charge in [-0.15, -0.1) is 0 Å². The van der Waals surface area contributed by atoms with E-state index in [1.54, 1.807) is 4.57 Å². The van der Waals surface area contributed by atoms with E-state index in [0.717, 1.165) is 55.8 Å². The summed E-state index contributed by atoms with van der Waals surface area (Å²) < 4.78 is 9.25. The highest BCUT2D eigenvalue weighted by Crippen LogP contribution is 2.27. The van der Waals surface area contributed by atoms with Gasteiger partial charge in [0.05, 0.1) is 12.2 Å². The molecule has 5 rings (SSSR count). The summed E-state index contributed by atoms with van der Waals surface area (Å²) in [4.78, 5) is 12.5. The van der Waals surface area contributed by atoms with Crippen LogP contribution < -0.4 is 15.7 Å². The maximum Gasteiger partial charge on any atom is 0.331 e. The molecule has 156 valence electrons. The van der Waals surface area contributed by atoms with E-state index < -0.39 is 0 Å². The van der Waals surface area contributed by atoms with Crippen LogP contribution in [0.15, 0.2) is 53.3 Å². The summed E-state index contributed by atoms with van der Waals surface area (Å²) in [6.45, 7) is 2.69. The number of fused-ring (bicyclic) bond motifs is 2. The second-order valence-electron chi connectivity index (χ2n) is 8.23. The Morgan fingerprint density at radius 2 is 1.87 bits per heavy atom. The molecule has 0 saturated carbocycles. The van der Waals surface area contributed by atoms with Crippen LogP contribution in [-0.2, 0) is 32.5 Å². The highest BCUT2D eigenvalue weighted by Gasteiger charge is 2.23. The van der Waals surface area contributed by atoms with Gasteiger partial charge in [0.2, 0.25) is 5.88 Å². The minimum atomic E-state index is -0.111. The highest BCUT2D eigenvalue weighted by atomic mass is 16.5. The number of nitrogens with zero attached hydrogens (tertiary/aromatic N) is 2. The lowest BCUT2D eigenvalue weighted by molar-refractivity contribution is 0.170. The Hall–Kier alpha value is -2.99. The average Bonchev–Trinajstić information content (AvgIpc) is 3.34. The fraction of sp³-hybridized carbons (Fsp3) is 0.375. The van der Waals surface area contributed by atoms with Gasteiger partial charge in [0.1, 0.15) is 11.9 Å². The molecule has 0 saturated heterocycles. The highest BCUT2D eigenvalue weighted by molar-refractivity contribution is 5.35. The van der Waals surface area contributed by atoms with Gasteiger partial charge in [-0.3, -0.25) is 9.13 Å². The van der Waals surface area contributed by atoms with Crippen LogP contribution in [-0.4, -0.2) is 26.9 Å². The lowest BCUT2D eigenvalue weighted by Crippen LogP contribution is -2.33. The number of ether oxygens (including phenoxy) is 1. The van der Waals surface area contributed by atoms with Gasteiger partial charge in [-0.25, -0.2) is 4.79 Å². The number of imidazole rings is 1. The number of aryl methyl sites for hydroxylation is 1. The van der Waals surface area contributed by atoms with Crippen LogP contribution in [0.1, 0.15) is 35.2 Å². The smallest absolute Gasteiger partial charge is 0.331 e. The van der Waals surface area contributed by atoms with Gasteiger partial charge in [-0.2, -0.15) is 0 Å². The van der Waals surface area contributed by atoms with E-state index in [0.29, 0.717) is 13.1 Å². The van der Waals surface area contributed by atoms with Gasteiger partial charge in [-0.05, 0) is 48.4 Å². The van der Waals surface area contributed by atoms with E-state index in [9.17, 15) is 9.90 Å². The number of benzene rings is 2. The molecule has 2 aliphatic heterocycles. The van der Waals surface area contributed by atoms with Crippen molar-refractivity contribution in [1.82, 2.24) is 14.5 Å². The molecule has 3 heterocycles. The maximum atomic E-state index is 12.5. The van der Waals surface area contributed by atoms with E-state index in [1.807, 2.05) is 24.3 Å². The Balaban J connectivity index is 1.15. The Labute approximate surface area is 175 Å². The zero-order chi connectivity index (χ0) is 20.5. The van der Waals surface area contributed by atoms with Crippen molar-refractivity contribution in [1.29, 1.82) is 0 Å². The predicted octanol–water partition coefficient (Wildman–Crippen LogP) is 2.83. The molecule has 0 radical (unpaired) electrons. The van der Waals surface area contributed by atoms with Gasteiger partial charge in [0.15, 0.2) is 0 Å². The molecule has 0 spiro atoms. The second-order valence-corrected chi connectivity index (χ2v) is 8.23. The van der Waals surface area contributed by atoms with E-state index in [-0.39, 0.29) is 17.7 Å². The van der Waals surface area contributed by atoms with Crippen LogP contribution in [0.3, 0.4) is 0 Å². The first kappa shape index (κ1) is 19.0. The fourth-order valence-electron chi connectivity index (χ4n) is 4.50. The van der Waals surface area contributed by atoms with E-state index in [4.69, 9.17) is 4.74 Å². The third kappa shape index (κ3) is 3.63. The third-order valence-corrected chi connectivity index (χ3v) is 6.16. The average molecular weight is 405 g/mol. The fourth-order valence-corrected chi connectivity index (χ4v) is 4.50. The Kier molecular flexibility index (Phi) is 5.09. The molecule has 2 aromatic carbocycles. The van der Waals surface area contributed by atoms with Crippen LogP contribution in [0.25, 0.3) is 0 Å². The molecule has 6 heteroatoms. The standard InChI is InChI=1S/C24H27N3O3/c28-23-21-5-3-13-26(21)24(29)27(23)16-18-9-7-17(8-10-18)14-25-15-20-12-11-19-4-1-2-6-22(19)30-20/h1-2,4,6-10,20,25,28H,3,5,11-16H2. The summed E-state index contributed by atoms with van der Waals surface area (Å²) in [6.07, 6.45) is 4.00. The Morgan fingerprint density at radius 3 is 2.70 bits per heavy atom. The summed E-state index contributed by atoms with van der Waals surface area (Å²) in [5.74, 6) is 1.13. The van der Waals surface area contributed by atoms with Gasteiger partial charge >= 0.3 is 5.69 Å². The number of para-hydroxylation sites is 1. The van der Waals surface area contributed by atoms with Crippen molar-refractivity contribution in [3.05, 3.63) is 81.4 Å². The normalized spacial score (nSPS) is 17.4. The third-order valence-electron chi connectivity index (χ3n) is 6.16. The van der Waals surface area contributed by atoms with Crippen molar-refractivity contribution in [2.24, 2.45) is 0 Å². The zero-order valence-corrected chi connectivity index (χ0v) is 17.0. The summed E-state index contributed by atoms with van der Waals surface area (Å²) in [6, 6.07) is 16.5. The molecular weight excluding hydrogens is 378 g/mol. The Bertz CT molecular complexity index is 1100. The number of aromatic nitrogens is 2. The van der Waals surface area contributed by atoms with Gasteiger partial charge < -0.3 is 15.2 Å². The minimum Gasteiger partial charge on any atom is -0.493 e. The molecule has 1 unspecified atom stereocenters. The van der Waals surface area contributed by atoms with E-state index in [1.165, 1.54) is 15.7 Å². The molecule has 1 aromatic heterocycles. The Morgan fingerprint density at radius 1 is 1.07 bits per heavy atom. The molecule has 30 heavy (non-hydrogen) atoms. The molecule has 1 atom stereocenters. The molecule has 3 aromatic rings. The van der Waals surface area contributed by atoms with Crippen molar-refractivity contribution in [2.45, 2.75) is 51.4 Å². The van der Waals surface area contributed by atoms with Crippen LogP contribution in [0.5, 0.6) is 11.6 Å². The quantitative estimate of drug-likeness (QED) is 0.662. The van der Waals surface area contributed by atoms with Gasteiger partial charge in [-0.1, -0.05) is 42.5 Å². The molecule has 0 bridgehead atoms. The minimum absolute atomic E-state index is 0.111. The number of rotatable bonds is 6. The van der Waals surface area contributed by atoms with E-state index in [2.05, 4.69) is 29.6 Å². The number of hydrogen-bond donors (Lipinski definition) is 2. The van der Waals surface area contributed by atoms with Crippen molar-refractivity contribution >= 4 is 0 Å². The summed E-state index contributed by atoms with van der Waals surface area (Å²) in [7, 11) is 0. The zero-order valence-electron chi connectivity index (χ0n) is 17.0. The van der Waals surface area contributed by atoms with Crippen molar-refractivity contribution in [2.75, 3.05) is 6.54 Å². The first-order chi connectivity index (χ1) is 14.7. The summed E-state index contributed by atoms with van der Waals surface area (Å²) in [5.41, 5.74) is 4.15. The SMILES string of the molecule is O=c1n(Cc2ccc(CNCC3CCc4ccccc4O3)cc2)c(O)c2n1CCC2. The molecule has 0 fully saturated rings. The van der Waals surface area contributed by atoms with Gasteiger partial charge in [0.25, 0.3) is 0 Å². The van der Waals surface area contributed by atoms with E-state index >= 15 is 0 Å². The molecule has 2 N–H and O–H groups in total. The molecule has 0 amide bonds. The number of aromatic hydroxyl groups is 1.